The second-order valence-corrected chi connectivity index (χ2v) is 5.23. The van der Waals surface area contributed by atoms with Gasteiger partial charge in [-0.05, 0) is 30.8 Å². The Morgan fingerprint density at radius 1 is 1.48 bits per heavy atom. The number of methoxy groups -OCH3 is 1. The lowest BCUT2D eigenvalue weighted by Gasteiger charge is -2.11. The number of anilines is 1. The second kappa shape index (κ2) is 7.85. The van der Waals surface area contributed by atoms with Crippen LogP contribution < -0.4 is 15.4 Å². The first-order valence-corrected chi connectivity index (χ1v) is 7.33. The molecule has 1 aromatic carbocycles. The number of ether oxygens (including phenoxy) is 1. The average Bonchev–Trinajstić information content (AvgIpc) is 2.89. The van der Waals surface area contributed by atoms with Gasteiger partial charge in [-0.2, -0.15) is 5.10 Å². The topological polar surface area (TPSA) is 51.1 Å². The van der Waals surface area contributed by atoms with E-state index in [4.69, 9.17) is 28.6 Å². The number of benzene rings is 1. The number of hydrogen-bond donors (Lipinski definition) is 2. The van der Waals surface area contributed by atoms with Gasteiger partial charge in [0.15, 0.2) is 5.11 Å². The lowest BCUT2D eigenvalue weighted by Crippen LogP contribution is -2.29. The van der Waals surface area contributed by atoms with Gasteiger partial charge in [-0.15, -0.1) is 0 Å². The minimum Gasteiger partial charge on any atom is -0.497 e. The highest BCUT2D eigenvalue weighted by molar-refractivity contribution is 7.80. The number of aryl methyl sites for hydroxylation is 1. The standard InChI is InChI=1S/C14H17ClN4OS/c1-20-13-5-2-4-12(8-13)18-14(21)16-6-3-7-19-10-11(15)9-17-19/h2,4-5,8-10H,3,6-7H2,1H3,(H2,16,18,21). The first-order chi connectivity index (χ1) is 10.2. The Morgan fingerprint density at radius 3 is 3.05 bits per heavy atom. The van der Waals surface area contributed by atoms with Gasteiger partial charge in [-0.1, -0.05) is 17.7 Å². The van der Waals surface area contributed by atoms with Crippen LogP contribution in [-0.4, -0.2) is 28.5 Å². The number of thiocarbonyl (C=S) groups is 1. The van der Waals surface area contributed by atoms with Crippen LogP contribution in [0.1, 0.15) is 6.42 Å². The van der Waals surface area contributed by atoms with Crippen LogP contribution in [0, 0.1) is 0 Å². The Hall–Kier alpha value is -1.79. The summed E-state index contributed by atoms with van der Waals surface area (Å²) in [6.07, 6.45) is 4.33. The summed E-state index contributed by atoms with van der Waals surface area (Å²) >= 11 is 11.0. The van der Waals surface area contributed by atoms with Gasteiger partial charge >= 0.3 is 0 Å². The van der Waals surface area contributed by atoms with Crippen LogP contribution in [-0.2, 0) is 6.54 Å². The summed E-state index contributed by atoms with van der Waals surface area (Å²) in [5.74, 6) is 0.790. The average molecular weight is 325 g/mol. The molecule has 21 heavy (non-hydrogen) atoms. The Morgan fingerprint density at radius 2 is 2.33 bits per heavy atom. The summed E-state index contributed by atoms with van der Waals surface area (Å²) in [5, 5.41) is 11.6. The van der Waals surface area contributed by atoms with Crippen LogP contribution in [0.15, 0.2) is 36.7 Å². The van der Waals surface area contributed by atoms with Crippen molar-refractivity contribution in [2.24, 2.45) is 0 Å². The van der Waals surface area contributed by atoms with Gasteiger partial charge < -0.3 is 15.4 Å². The fourth-order valence-corrected chi connectivity index (χ4v) is 2.16. The van der Waals surface area contributed by atoms with Crippen LogP contribution in [0.25, 0.3) is 0 Å². The molecule has 0 bridgehead atoms. The van der Waals surface area contributed by atoms with Gasteiger partial charge in [0.25, 0.3) is 0 Å². The third-order valence-electron chi connectivity index (χ3n) is 2.78. The van der Waals surface area contributed by atoms with E-state index in [1.807, 2.05) is 28.9 Å². The van der Waals surface area contributed by atoms with Crippen molar-refractivity contribution >= 4 is 34.6 Å². The summed E-state index contributed by atoms with van der Waals surface area (Å²) < 4.78 is 6.97. The van der Waals surface area contributed by atoms with Gasteiger partial charge in [-0.3, -0.25) is 4.68 Å². The van der Waals surface area contributed by atoms with Crippen molar-refractivity contribution in [3.63, 3.8) is 0 Å². The van der Waals surface area contributed by atoms with Crippen molar-refractivity contribution < 1.29 is 4.74 Å². The highest BCUT2D eigenvalue weighted by Gasteiger charge is 2.00. The van der Waals surface area contributed by atoms with E-state index in [0.29, 0.717) is 10.1 Å². The maximum atomic E-state index is 5.80. The second-order valence-electron chi connectivity index (χ2n) is 4.39. The van der Waals surface area contributed by atoms with Crippen molar-refractivity contribution in [3.8, 4) is 5.75 Å². The molecule has 0 spiro atoms. The van der Waals surface area contributed by atoms with Crippen molar-refractivity contribution in [2.45, 2.75) is 13.0 Å². The van der Waals surface area contributed by atoms with Crippen molar-refractivity contribution in [1.29, 1.82) is 0 Å². The van der Waals surface area contributed by atoms with E-state index in [2.05, 4.69) is 15.7 Å². The summed E-state index contributed by atoms with van der Waals surface area (Å²) in [4.78, 5) is 0. The lowest BCUT2D eigenvalue weighted by atomic mass is 10.3. The van der Waals surface area contributed by atoms with Crippen LogP contribution in [0.2, 0.25) is 5.02 Å². The van der Waals surface area contributed by atoms with Crippen molar-refractivity contribution in [3.05, 3.63) is 41.7 Å². The van der Waals surface area contributed by atoms with E-state index >= 15 is 0 Å². The molecule has 0 saturated heterocycles. The molecule has 2 aromatic rings. The maximum absolute atomic E-state index is 5.80. The molecular formula is C14H17ClN4OS. The molecule has 0 amide bonds. The number of halogens is 1. The Balaban J connectivity index is 1.69. The van der Waals surface area contributed by atoms with Gasteiger partial charge in [0.1, 0.15) is 5.75 Å². The van der Waals surface area contributed by atoms with E-state index in [1.54, 1.807) is 19.5 Å². The SMILES string of the molecule is COc1cccc(NC(=S)NCCCn2cc(Cl)cn2)c1. The molecule has 0 unspecified atom stereocenters. The Bertz CT molecular complexity index is 602. The van der Waals surface area contributed by atoms with E-state index in [1.165, 1.54) is 0 Å². The zero-order chi connectivity index (χ0) is 15.1. The molecule has 1 aromatic heterocycles. The van der Waals surface area contributed by atoms with Crippen LogP contribution in [0.4, 0.5) is 5.69 Å². The number of nitrogens with zero attached hydrogens (tertiary/aromatic N) is 2. The number of nitrogens with one attached hydrogen (secondary N) is 2. The van der Waals surface area contributed by atoms with E-state index in [-0.39, 0.29) is 0 Å². The number of aromatic nitrogens is 2. The highest BCUT2D eigenvalue weighted by Crippen LogP contribution is 2.16. The lowest BCUT2D eigenvalue weighted by molar-refractivity contribution is 0.415. The fraction of sp³-hybridized carbons (Fsp3) is 0.286. The molecule has 7 heteroatoms. The molecular weight excluding hydrogens is 308 g/mol. The minimum absolute atomic E-state index is 0.585. The molecule has 0 fully saturated rings. The quantitative estimate of drug-likeness (QED) is 0.632. The molecule has 5 nitrogen and oxygen atoms in total. The summed E-state index contributed by atoms with van der Waals surface area (Å²) in [6.45, 7) is 1.55. The monoisotopic (exact) mass is 324 g/mol. The molecule has 0 radical (unpaired) electrons. The zero-order valence-corrected chi connectivity index (χ0v) is 13.2. The molecule has 0 atom stereocenters. The smallest absolute Gasteiger partial charge is 0.170 e. The van der Waals surface area contributed by atoms with Crippen molar-refractivity contribution in [2.75, 3.05) is 19.0 Å². The number of rotatable bonds is 6. The normalized spacial score (nSPS) is 10.2. The van der Waals surface area contributed by atoms with E-state index in [9.17, 15) is 0 Å². The van der Waals surface area contributed by atoms with Crippen LogP contribution in [0.3, 0.4) is 0 Å². The van der Waals surface area contributed by atoms with E-state index < -0.39 is 0 Å². The molecule has 0 saturated carbocycles. The zero-order valence-electron chi connectivity index (χ0n) is 11.7. The highest BCUT2D eigenvalue weighted by atomic mass is 35.5. The molecule has 1 heterocycles. The molecule has 0 aliphatic rings. The van der Waals surface area contributed by atoms with Gasteiger partial charge in [0, 0.05) is 31.0 Å². The predicted molar refractivity (Wildman–Crippen MR) is 89.1 cm³/mol. The summed E-state index contributed by atoms with van der Waals surface area (Å²) in [5.41, 5.74) is 0.894. The van der Waals surface area contributed by atoms with Gasteiger partial charge in [-0.25, -0.2) is 0 Å². The van der Waals surface area contributed by atoms with Crippen LogP contribution >= 0.6 is 23.8 Å². The summed E-state index contributed by atoms with van der Waals surface area (Å²) in [7, 11) is 1.64. The third kappa shape index (κ3) is 5.24. The molecule has 0 aliphatic heterocycles. The maximum Gasteiger partial charge on any atom is 0.170 e. The first kappa shape index (κ1) is 15.6. The first-order valence-electron chi connectivity index (χ1n) is 6.54. The van der Waals surface area contributed by atoms with Gasteiger partial charge in [0.05, 0.1) is 18.3 Å². The molecule has 2 N–H and O–H groups in total. The number of hydrogen-bond acceptors (Lipinski definition) is 3. The largest absolute Gasteiger partial charge is 0.497 e. The summed E-state index contributed by atoms with van der Waals surface area (Å²) in [6, 6.07) is 7.62. The van der Waals surface area contributed by atoms with E-state index in [0.717, 1.165) is 30.9 Å². The molecule has 112 valence electrons. The van der Waals surface area contributed by atoms with Crippen molar-refractivity contribution in [1.82, 2.24) is 15.1 Å². The molecule has 2 rings (SSSR count). The fourth-order valence-electron chi connectivity index (χ4n) is 1.78. The third-order valence-corrected chi connectivity index (χ3v) is 3.22. The molecule has 0 aliphatic carbocycles. The Kier molecular flexibility index (Phi) is 5.83. The Labute approximate surface area is 134 Å². The minimum atomic E-state index is 0.585. The predicted octanol–water partition coefficient (Wildman–Crippen LogP) is 2.92. The van der Waals surface area contributed by atoms with Gasteiger partial charge in [0.2, 0.25) is 0 Å². The van der Waals surface area contributed by atoms with Crippen LogP contribution in [0.5, 0.6) is 5.75 Å².